The van der Waals surface area contributed by atoms with Crippen LogP contribution in [0.3, 0.4) is 0 Å². The van der Waals surface area contributed by atoms with Crippen molar-refractivity contribution in [2.24, 2.45) is 0 Å². The van der Waals surface area contributed by atoms with E-state index < -0.39 is 10.0 Å². The molecule has 0 bridgehead atoms. The van der Waals surface area contributed by atoms with Gasteiger partial charge in [0.1, 0.15) is 5.75 Å². The number of nitrogens with zero attached hydrogens (tertiary/aromatic N) is 1. The van der Waals surface area contributed by atoms with E-state index in [1.807, 2.05) is 13.0 Å². The molecule has 1 amide bonds. The minimum Gasteiger partial charge on any atom is -0.492 e. The van der Waals surface area contributed by atoms with Crippen LogP contribution in [0.5, 0.6) is 5.75 Å². The first-order valence-electron chi connectivity index (χ1n) is 10.4. The molecule has 0 unspecified atom stereocenters. The van der Waals surface area contributed by atoms with E-state index in [2.05, 4.69) is 14.9 Å². The number of rotatable bonds is 10. The van der Waals surface area contributed by atoms with Gasteiger partial charge in [0.05, 0.1) is 30.4 Å². The molecular weight excluding hydrogens is 418 g/mol. The quantitative estimate of drug-likeness (QED) is 0.543. The summed E-state index contributed by atoms with van der Waals surface area (Å²) >= 11 is 0. The van der Waals surface area contributed by atoms with Crippen LogP contribution in [0.2, 0.25) is 0 Å². The van der Waals surface area contributed by atoms with Crippen molar-refractivity contribution in [3.8, 4) is 5.75 Å². The molecule has 1 aliphatic heterocycles. The average Bonchev–Trinajstić information content (AvgIpc) is 2.79. The van der Waals surface area contributed by atoms with Gasteiger partial charge in [0.15, 0.2) is 0 Å². The third-order valence-corrected chi connectivity index (χ3v) is 6.35. The van der Waals surface area contributed by atoms with Crippen LogP contribution in [0.1, 0.15) is 23.7 Å². The SMILES string of the molecule is CCOc1ccc(S(=O)(=O)NCCCN2CCOCC2)cc1NC(=O)c1ccccc1. The van der Waals surface area contributed by atoms with Gasteiger partial charge in [0.2, 0.25) is 10.0 Å². The zero-order valence-corrected chi connectivity index (χ0v) is 18.5. The monoisotopic (exact) mass is 447 g/mol. The predicted octanol–water partition coefficient (Wildman–Crippen LogP) is 2.34. The second-order valence-electron chi connectivity index (χ2n) is 7.12. The lowest BCUT2D eigenvalue weighted by Gasteiger charge is -2.26. The maximum atomic E-state index is 12.8. The third kappa shape index (κ3) is 6.76. The van der Waals surface area contributed by atoms with Gasteiger partial charge in [-0.3, -0.25) is 9.69 Å². The van der Waals surface area contributed by atoms with Crippen LogP contribution in [-0.2, 0) is 14.8 Å². The Bertz CT molecular complexity index is 960. The number of amides is 1. The van der Waals surface area contributed by atoms with Crippen molar-refractivity contribution in [3.05, 3.63) is 54.1 Å². The number of benzene rings is 2. The number of hydrogen-bond donors (Lipinski definition) is 2. The summed E-state index contributed by atoms with van der Waals surface area (Å²) in [5.74, 6) is 0.0765. The average molecular weight is 448 g/mol. The van der Waals surface area contributed by atoms with Gasteiger partial charge in [-0.1, -0.05) is 18.2 Å². The summed E-state index contributed by atoms with van der Waals surface area (Å²) in [6, 6.07) is 13.2. The van der Waals surface area contributed by atoms with Crippen molar-refractivity contribution in [2.75, 3.05) is 51.3 Å². The fourth-order valence-corrected chi connectivity index (χ4v) is 4.36. The van der Waals surface area contributed by atoms with E-state index in [4.69, 9.17) is 9.47 Å². The second-order valence-corrected chi connectivity index (χ2v) is 8.88. The molecule has 0 aliphatic carbocycles. The Hall–Kier alpha value is -2.46. The highest BCUT2D eigenvalue weighted by Gasteiger charge is 2.18. The lowest BCUT2D eigenvalue weighted by molar-refractivity contribution is 0.0376. The summed E-state index contributed by atoms with van der Waals surface area (Å²) in [6.07, 6.45) is 0.702. The highest BCUT2D eigenvalue weighted by Crippen LogP contribution is 2.28. The Morgan fingerprint density at radius 1 is 1.13 bits per heavy atom. The zero-order valence-electron chi connectivity index (χ0n) is 17.7. The molecular formula is C22H29N3O5S. The summed E-state index contributed by atoms with van der Waals surface area (Å²) in [6.45, 7) is 6.53. The molecule has 1 aliphatic rings. The number of carbonyl (C=O) groups is 1. The Morgan fingerprint density at radius 2 is 1.87 bits per heavy atom. The summed E-state index contributed by atoms with van der Waals surface area (Å²) in [7, 11) is -3.72. The largest absolute Gasteiger partial charge is 0.492 e. The lowest BCUT2D eigenvalue weighted by atomic mass is 10.2. The van der Waals surface area contributed by atoms with Gasteiger partial charge >= 0.3 is 0 Å². The van der Waals surface area contributed by atoms with Gasteiger partial charge in [0.25, 0.3) is 5.91 Å². The van der Waals surface area contributed by atoms with Crippen molar-refractivity contribution in [3.63, 3.8) is 0 Å². The molecule has 1 heterocycles. The topological polar surface area (TPSA) is 97.0 Å². The molecule has 1 fully saturated rings. The molecule has 2 aromatic carbocycles. The number of ether oxygens (including phenoxy) is 2. The normalized spacial score (nSPS) is 14.9. The first-order chi connectivity index (χ1) is 15.0. The molecule has 8 nitrogen and oxygen atoms in total. The molecule has 2 aromatic rings. The standard InChI is InChI=1S/C22H29N3O5S/c1-2-30-21-10-9-19(17-20(21)24-22(26)18-7-4-3-5-8-18)31(27,28)23-11-6-12-25-13-15-29-16-14-25/h3-5,7-10,17,23H,2,6,11-16H2,1H3,(H,24,26). The van der Waals surface area contributed by atoms with Gasteiger partial charge in [-0.05, 0) is 50.2 Å². The molecule has 0 spiro atoms. The van der Waals surface area contributed by atoms with E-state index in [1.165, 1.54) is 12.1 Å². The number of hydrogen-bond acceptors (Lipinski definition) is 6. The van der Waals surface area contributed by atoms with Gasteiger partial charge in [0, 0.05) is 25.2 Å². The first-order valence-corrected chi connectivity index (χ1v) is 11.9. The zero-order chi connectivity index (χ0) is 22.1. The van der Waals surface area contributed by atoms with E-state index in [9.17, 15) is 13.2 Å². The maximum absolute atomic E-state index is 12.8. The smallest absolute Gasteiger partial charge is 0.255 e. The van der Waals surface area contributed by atoms with E-state index in [0.29, 0.717) is 36.6 Å². The van der Waals surface area contributed by atoms with Crippen LogP contribution >= 0.6 is 0 Å². The molecule has 1 saturated heterocycles. The molecule has 0 saturated carbocycles. The Labute approximate surface area is 183 Å². The molecule has 168 valence electrons. The van der Waals surface area contributed by atoms with Gasteiger partial charge < -0.3 is 14.8 Å². The predicted molar refractivity (Wildman–Crippen MR) is 119 cm³/mol. The molecule has 9 heteroatoms. The van der Waals surface area contributed by atoms with Crippen LogP contribution in [0.15, 0.2) is 53.4 Å². The van der Waals surface area contributed by atoms with E-state index in [1.54, 1.807) is 30.3 Å². The molecule has 2 N–H and O–H groups in total. The second kappa shape index (κ2) is 11.2. The Kier molecular flexibility index (Phi) is 8.42. The maximum Gasteiger partial charge on any atom is 0.255 e. The van der Waals surface area contributed by atoms with Gasteiger partial charge in [-0.15, -0.1) is 0 Å². The minimum atomic E-state index is -3.72. The number of anilines is 1. The van der Waals surface area contributed by atoms with Crippen LogP contribution < -0.4 is 14.8 Å². The summed E-state index contributed by atoms with van der Waals surface area (Å²) in [4.78, 5) is 14.9. The summed E-state index contributed by atoms with van der Waals surface area (Å²) in [5, 5.41) is 2.76. The number of carbonyl (C=O) groups excluding carboxylic acids is 1. The molecule has 31 heavy (non-hydrogen) atoms. The van der Waals surface area contributed by atoms with Crippen LogP contribution in [-0.4, -0.2) is 65.2 Å². The van der Waals surface area contributed by atoms with Gasteiger partial charge in [-0.25, -0.2) is 13.1 Å². The van der Waals surface area contributed by atoms with E-state index in [-0.39, 0.29) is 10.8 Å². The summed E-state index contributed by atoms with van der Waals surface area (Å²) in [5.41, 5.74) is 0.784. The fraction of sp³-hybridized carbons (Fsp3) is 0.409. The van der Waals surface area contributed by atoms with Crippen molar-refractivity contribution in [1.29, 1.82) is 0 Å². The Morgan fingerprint density at radius 3 is 2.58 bits per heavy atom. The number of sulfonamides is 1. The summed E-state index contributed by atoms with van der Waals surface area (Å²) < 4.78 is 39.0. The van der Waals surface area contributed by atoms with Gasteiger partial charge in [-0.2, -0.15) is 0 Å². The molecule has 0 aromatic heterocycles. The first kappa shape index (κ1) is 23.2. The molecule has 3 rings (SSSR count). The van der Waals surface area contributed by atoms with Crippen LogP contribution in [0.4, 0.5) is 5.69 Å². The van der Waals surface area contributed by atoms with E-state index in [0.717, 1.165) is 32.8 Å². The number of morpholine rings is 1. The third-order valence-electron chi connectivity index (χ3n) is 4.89. The Balaban J connectivity index is 1.66. The molecule has 0 radical (unpaired) electrons. The van der Waals surface area contributed by atoms with Crippen LogP contribution in [0, 0.1) is 0 Å². The number of nitrogens with one attached hydrogen (secondary N) is 2. The molecule has 0 atom stereocenters. The highest BCUT2D eigenvalue weighted by atomic mass is 32.2. The highest BCUT2D eigenvalue weighted by molar-refractivity contribution is 7.89. The van der Waals surface area contributed by atoms with E-state index >= 15 is 0 Å². The fourth-order valence-electron chi connectivity index (χ4n) is 3.26. The lowest BCUT2D eigenvalue weighted by Crippen LogP contribution is -2.38. The van der Waals surface area contributed by atoms with Crippen LogP contribution in [0.25, 0.3) is 0 Å². The van der Waals surface area contributed by atoms with Crippen molar-refractivity contribution in [2.45, 2.75) is 18.2 Å². The van der Waals surface area contributed by atoms with Crippen molar-refractivity contribution in [1.82, 2.24) is 9.62 Å². The van der Waals surface area contributed by atoms with Crippen molar-refractivity contribution < 1.29 is 22.7 Å². The van der Waals surface area contributed by atoms with Crippen molar-refractivity contribution >= 4 is 21.6 Å². The minimum absolute atomic E-state index is 0.0747.